The Morgan fingerprint density at radius 2 is 2.14 bits per heavy atom. The standard InChI is InChI=1S/C14H27N5OS/c1-11(2)15-7-8-19-14(16-17-18-19)21-10-13(20)9-12-5-3-4-6-12/h11-13,15,20H,3-10H2,1-2H3. The number of aliphatic hydroxyl groups excluding tert-OH is 1. The van der Waals surface area contributed by atoms with Crippen LogP contribution < -0.4 is 5.32 Å². The van der Waals surface area contributed by atoms with Crippen LogP contribution in [-0.4, -0.2) is 49.8 Å². The average Bonchev–Trinajstić information content (AvgIpc) is 3.07. The number of aliphatic hydroxyl groups is 1. The van der Waals surface area contributed by atoms with Crippen LogP contribution in [0.4, 0.5) is 0 Å². The number of tetrazole rings is 1. The summed E-state index contributed by atoms with van der Waals surface area (Å²) >= 11 is 1.55. The molecule has 1 aromatic heterocycles. The highest BCUT2D eigenvalue weighted by Crippen LogP contribution is 2.29. The normalized spacial score (nSPS) is 17.7. The van der Waals surface area contributed by atoms with Gasteiger partial charge in [-0.25, -0.2) is 4.68 Å². The lowest BCUT2D eigenvalue weighted by Crippen LogP contribution is -2.27. The van der Waals surface area contributed by atoms with Crippen LogP contribution >= 0.6 is 11.8 Å². The average molecular weight is 313 g/mol. The summed E-state index contributed by atoms with van der Waals surface area (Å²) in [5, 5.41) is 26.1. The fraction of sp³-hybridized carbons (Fsp3) is 0.929. The summed E-state index contributed by atoms with van der Waals surface area (Å²) in [6, 6.07) is 0.464. The summed E-state index contributed by atoms with van der Waals surface area (Å²) in [5.41, 5.74) is 0. The molecule has 1 atom stereocenters. The molecule has 120 valence electrons. The van der Waals surface area contributed by atoms with Crippen LogP contribution in [-0.2, 0) is 6.54 Å². The van der Waals surface area contributed by atoms with E-state index < -0.39 is 0 Å². The van der Waals surface area contributed by atoms with Crippen LogP contribution in [0.2, 0.25) is 0 Å². The van der Waals surface area contributed by atoms with Gasteiger partial charge >= 0.3 is 0 Å². The van der Waals surface area contributed by atoms with Gasteiger partial charge in [0.25, 0.3) is 0 Å². The lowest BCUT2D eigenvalue weighted by Gasteiger charge is -2.14. The summed E-state index contributed by atoms with van der Waals surface area (Å²) < 4.78 is 1.81. The lowest BCUT2D eigenvalue weighted by atomic mass is 10.0. The fourth-order valence-corrected chi connectivity index (χ4v) is 3.62. The smallest absolute Gasteiger partial charge is 0.209 e. The van der Waals surface area contributed by atoms with Gasteiger partial charge in [0.2, 0.25) is 5.16 Å². The van der Waals surface area contributed by atoms with E-state index >= 15 is 0 Å². The molecule has 0 radical (unpaired) electrons. The molecule has 6 nitrogen and oxygen atoms in total. The van der Waals surface area contributed by atoms with E-state index in [4.69, 9.17) is 0 Å². The van der Waals surface area contributed by atoms with Crippen molar-refractivity contribution < 1.29 is 5.11 Å². The van der Waals surface area contributed by atoms with Crippen molar-refractivity contribution in [2.75, 3.05) is 12.3 Å². The van der Waals surface area contributed by atoms with E-state index in [0.717, 1.165) is 24.7 Å². The fourth-order valence-electron chi connectivity index (χ4n) is 2.77. The monoisotopic (exact) mass is 313 g/mol. The summed E-state index contributed by atoms with van der Waals surface area (Å²) in [4.78, 5) is 0. The highest BCUT2D eigenvalue weighted by molar-refractivity contribution is 7.99. The van der Waals surface area contributed by atoms with E-state index in [0.29, 0.717) is 17.7 Å². The zero-order valence-corrected chi connectivity index (χ0v) is 13.8. The van der Waals surface area contributed by atoms with Gasteiger partial charge in [0, 0.05) is 18.3 Å². The molecule has 1 aliphatic rings. The van der Waals surface area contributed by atoms with Gasteiger partial charge in [-0.3, -0.25) is 0 Å². The highest BCUT2D eigenvalue weighted by Gasteiger charge is 2.19. The molecule has 1 unspecified atom stereocenters. The van der Waals surface area contributed by atoms with E-state index in [9.17, 15) is 5.11 Å². The Bertz CT molecular complexity index is 406. The first-order chi connectivity index (χ1) is 10.1. The lowest BCUT2D eigenvalue weighted by molar-refractivity contribution is 0.165. The molecule has 2 rings (SSSR count). The molecule has 21 heavy (non-hydrogen) atoms. The minimum atomic E-state index is -0.253. The first-order valence-electron chi connectivity index (χ1n) is 7.95. The number of nitrogens with one attached hydrogen (secondary N) is 1. The molecule has 1 saturated carbocycles. The molecule has 0 saturated heterocycles. The first kappa shape index (κ1) is 16.7. The van der Waals surface area contributed by atoms with Gasteiger partial charge < -0.3 is 10.4 Å². The first-order valence-corrected chi connectivity index (χ1v) is 8.94. The van der Waals surface area contributed by atoms with Crippen molar-refractivity contribution in [2.24, 2.45) is 5.92 Å². The third kappa shape index (κ3) is 5.92. The Morgan fingerprint density at radius 1 is 1.38 bits per heavy atom. The van der Waals surface area contributed by atoms with Crippen LogP contribution in [0.5, 0.6) is 0 Å². The van der Waals surface area contributed by atoms with Crippen molar-refractivity contribution in [1.82, 2.24) is 25.5 Å². The second kappa shape index (κ2) is 8.70. The molecule has 1 aliphatic carbocycles. The van der Waals surface area contributed by atoms with Crippen LogP contribution in [0.15, 0.2) is 5.16 Å². The predicted molar refractivity (Wildman–Crippen MR) is 84.3 cm³/mol. The van der Waals surface area contributed by atoms with E-state index in [1.165, 1.54) is 25.7 Å². The van der Waals surface area contributed by atoms with E-state index in [2.05, 4.69) is 34.7 Å². The van der Waals surface area contributed by atoms with Crippen LogP contribution in [0, 0.1) is 5.92 Å². The molecule has 0 aliphatic heterocycles. The van der Waals surface area contributed by atoms with Gasteiger partial charge in [0.15, 0.2) is 0 Å². The molecule has 7 heteroatoms. The zero-order valence-electron chi connectivity index (χ0n) is 13.0. The Labute approximate surface area is 131 Å². The Kier molecular flexibility index (Phi) is 6.92. The minimum absolute atomic E-state index is 0.253. The molecule has 0 bridgehead atoms. The topological polar surface area (TPSA) is 75.9 Å². The number of rotatable bonds is 9. The zero-order chi connectivity index (χ0) is 15.1. The minimum Gasteiger partial charge on any atom is -0.392 e. The molecule has 1 aromatic rings. The predicted octanol–water partition coefficient (Wildman–Crippen LogP) is 1.70. The Balaban J connectivity index is 1.71. The molecule has 0 amide bonds. The number of hydrogen-bond acceptors (Lipinski definition) is 6. The molecule has 2 N–H and O–H groups in total. The maximum atomic E-state index is 10.1. The summed E-state index contributed by atoms with van der Waals surface area (Å²) in [6.45, 7) is 5.84. The van der Waals surface area contributed by atoms with Crippen molar-refractivity contribution in [3.05, 3.63) is 0 Å². The molecule has 0 aromatic carbocycles. The van der Waals surface area contributed by atoms with Gasteiger partial charge in [-0.2, -0.15) is 0 Å². The molecule has 0 spiro atoms. The Hall–Kier alpha value is -0.660. The summed E-state index contributed by atoms with van der Waals surface area (Å²) in [6.07, 6.45) is 5.87. The second-order valence-corrected chi connectivity index (χ2v) is 7.13. The summed E-state index contributed by atoms with van der Waals surface area (Å²) in [5.74, 6) is 1.39. The van der Waals surface area contributed by atoms with E-state index in [1.807, 2.05) is 4.68 Å². The maximum Gasteiger partial charge on any atom is 0.209 e. The van der Waals surface area contributed by atoms with E-state index in [-0.39, 0.29) is 6.10 Å². The second-order valence-electron chi connectivity index (χ2n) is 6.14. The van der Waals surface area contributed by atoms with Crippen molar-refractivity contribution in [2.45, 2.75) is 69.8 Å². The van der Waals surface area contributed by atoms with Crippen molar-refractivity contribution in [3.8, 4) is 0 Å². The van der Waals surface area contributed by atoms with Crippen molar-refractivity contribution in [1.29, 1.82) is 0 Å². The molecular weight excluding hydrogens is 286 g/mol. The molecular formula is C14H27N5OS. The van der Waals surface area contributed by atoms with Gasteiger partial charge in [-0.05, 0) is 22.8 Å². The van der Waals surface area contributed by atoms with E-state index in [1.54, 1.807) is 11.8 Å². The SMILES string of the molecule is CC(C)NCCn1nnnc1SCC(O)CC1CCCC1. The number of hydrogen-bond donors (Lipinski definition) is 2. The third-order valence-corrected chi connectivity index (χ3v) is 4.96. The van der Waals surface area contributed by atoms with Crippen molar-refractivity contribution in [3.63, 3.8) is 0 Å². The van der Waals surface area contributed by atoms with Crippen LogP contribution in [0.25, 0.3) is 0 Å². The third-order valence-electron chi connectivity index (χ3n) is 3.86. The number of aromatic nitrogens is 4. The van der Waals surface area contributed by atoms with Gasteiger partial charge in [0.05, 0.1) is 12.6 Å². The van der Waals surface area contributed by atoms with Gasteiger partial charge in [-0.15, -0.1) is 5.10 Å². The maximum absolute atomic E-state index is 10.1. The largest absolute Gasteiger partial charge is 0.392 e. The molecule has 1 heterocycles. The summed E-state index contributed by atoms with van der Waals surface area (Å²) in [7, 11) is 0. The Morgan fingerprint density at radius 3 is 2.86 bits per heavy atom. The number of thioether (sulfide) groups is 1. The van der Waals surface area contributed by atoms with Gasteiger partial charge in [-0.1, -0.05) is 51.3 Å². The van der Waals surface area contributed by atoms with Crippen LogP contribution in [0.1, 0.15) is 46.0 Å². The molecule has 1 fully saturated rings. The van der Waals surface area contributed by atoms with Crippen LogP contribution in [0.3, 0.4) is 0 Å². The quantitative estimate of drug-likeness (QED) is 0.676. The van der Waals surface area contributed by atoms with Crippen molar-refractivity contribution >= 4 is 11.8 Å². The van der Waals surface area contributed by atoms with Gasteiger partial charge in [0.1, 0.15) is 0 Å². The highest BCUT2D eigenvalue weighted by atomic mass is 32.2. The number of nitrogens with zero attached hydrogens (tertiary/aromatic N) is 4.